The summed E-state index contributed by atoms with van der Waals surface area (Å²) in [6.45, 7) is 4.35. The number of hydrogen-bond acceptors (Lipinski definition) is 5. The van der Waals surface area contributed by atoms with Gasteiger partial charge in [-0.05, 0) is 43.7 Å². The summed E-state index contributed by atoms with van der Waals surface area (Å²) in [6.07, 6.45) is 3.40. The number of nitrogens with zero attached hydrogens (tertiary/aromatic N) is 4. The van der Waals surface area contributed by atoms with Crippen molar-refractivity contribution in [2.75, 3.05) is 11.1 Å². The first-order valence-corrected chi connectivity index (χ1v) is 9.09. The molecule has 3 aromatic rings. The van der Waals surface area contributed by atoms with E-state index in [1.165, 1.54) is 17.8 Å². The van der Waals surface area contributed by atoms with Crippen LogP contribution in [0.1, 0.15) is 12.5 Å². The molecule has 2 aromatic heterocycles. The molecule has 6 nitrogen and oxygen atoms in total. The van der Waals surface area contributed by atoms with Gasteiger partial charge in [0.05, 0.1) is 5.75 Å². The number of pyridine rings is 1. The van der Waals surface area contributed by atoms with Crippen LogP contribution in [0.4, 0.5) is 10.1 Å². The van der Waals surface area contributed by atoms with Crippen LogP contribution in [0.5, 0.6) is 0 Å². The number of anilines is 1. The van der Waals surface area contributed by atoms with E-state index in [1.54, 1.807) is 31.5 Å². The highest BCUT2D eigenvalue weighted by atomic mass is 32.2. The standard InChI is InChI=1S/C18H18FN5OS/c1-3-24-17(13-6-8-20-9-7-13)22-23-18(24)26-11-16(25)21-14-5-4-12(2)15(19)10-14/h4-10H,3,11H2,1-2H3,(H,21,25). The molecule has 3 rings (SSSR count). The average Bonchev–Trinajstić information content (AvgIpc) is 3.07. The highest BCUT2D eigenvalue weighted by Gasteiger charge is 2.14. The predicted octanol–water partition coefficient (Wildman–Crippen LogP) is 3.54. The third-order valence-electron chi connectivity index (χ3n) is 3.76. The minimum atomic E-state index is -0.344. The smallest absolute Gasteiger partial charge is 0.234 e. The van der Waals surface area contributed by atoms with Gasteiger partial charge in [-0.15, -0.1) is 10.2 Å². The topological polar surface area (TPSA) is 72.7 Å². The zero-order chi connectivity index (χ0) is 18.5. The van der Waals surface area contributed by atoms with Crippen molar-refractivity contribution in [1.82, 2.24) is 19.7 Å². The van der Waals surface area contributed by atoms with Crippen molar-refractivity contribution >= 4 is 23.4 Å². The first kappa shape index (κ1) is 18.1. The molecule has 0 aliphatic heterocycles. The summed E-state index contributed by atoms with van der Waals surface area (Å²) in [5, 5.41) is 11.8. The highest BCUT2D eigenvalue weighted by molar-refractivity contribution is 7.99. The van der Waals surface area contributed by atoms with Gasteiger partial charge in [0.2, 0.25) is 5.91 Å². The van der Waals surface area contributed by atoms with Crippen LogP contribution in [0, 0.1) is 12.7 Å². The lowest BCUT2D eigenvalue weighted by atomic mass is 10.2. The van der Waals surface area contributed by atoms with E-state index in [1.807, 2.05) is 23.6 Å². The van der Waals surface area contributed by atoms with Crippen molar-refractivity contribution in [3.63, 3.8) is 0 Å². The van der Waals surface area contributed by atoms with Crippen LogP contribution < -0.4 is 5.32 Å². The Kier molecular flexibility index (Phi) is 5.62. The third kappa shape index (κ3) is 4.08. The van der Waals surface area contributed by atoms with Crippen molar-refractivity contribution in [3.05, 3.63) is 54.1 Å². The molecule has 26 heavy (non-hydrogen) atoms. The van der Waals surface area contributed by atoms with Gasteiger partial charge in [0, 0.05) is 30.2 Å². The van der Waals surface area contributed by atoms with E-state index < -0.39 is 0 Å². The van der Waals surface area contributed by atoms with Gasteiger partial charge in [0.25, 0.3) is 0 Å². The molecule has 8 heteroatoms. The lowest BCUT2D eigenvalue weighted by molar-refractivity contribution is -0.113. The van der Waals surface area contributed by atoms with Crippen molar-refractivity contribution in [1.29, 1.82) is 0 Å². The summed E-state index contributed by atoms with van der Waals surface area (Å²) in [5.74, 6) is 0.320. The molecule has 134 valence electrons. The summed E-state index contributed by atoms with van der Waals surface area (Å²) in [4.78, 5) is 16.1. The normalized spacial score (nSPS) is 10.7. The maximum absolute atomic E-state index is 13.6. The zero-order valence-electron chi connectivity index (χ0n) is 14.4. The third-order valence-corrected chi connectivity index (χ3v) is 4.73. The summed E-state index contributed by atoms with van der Waals surface area (Å²) >= 11 is 1.29. The lowest BCUT2D eigenvalue weighted by Crippen LogP contribution is -2.15. The molecule has 0 unspecified atom stereocenters. The molecule has 0 saturated heterocycles. The Bertz CT molecular complexity index is 913. The maximum atomic E-state index is 13.6. The fraction of sp³-hybridized carbons (Fsp3) is 0.222. The quantitative estimate of drug-likeness (QED) is 0.671. The minimum absolute atomic E-state index is 0.157. The molecule has 0 aliphatic rings. The lowest BCUT2D eigenvalue weighted by Gasteiger charge is -2.08. The minimum Gasteiger partial charge on any atom is -0.325 e. The van der Waals surface area contributed by atoms with Gasteiger partial charge >= 0.3 is 0 Å². The van der Waals surface area contributed by atoms with Crippen molar-refractivity contribution < 1.29 is 9.18 Å². The SMILES string of the molecule is CCn1c(SCC(=O)Nc2ccc(C)c(F)c2)nnc1-c1ccncc1. The van der Waals surface area contributed by atoms with Gasteiger partial charge in [-0.2, -0.15) is 0 Å². The second kappa shape index (κ2) is 8.09. The molecule has 0 radical (unpaired) electrons. The Balaban J connectivity index is 1.67. The van der Waals surface area contributed by atoms with Crippen molar-refractivity contribution in [3.8, 4) is 11.4 Å². The Morgan fingerprint density at radius 2 is 2.00 bits per heavy atom. The molecule has 0 atom stereocenters. The number of benzene rings is 1. The van der Waals surface area contributed by atoms with E-state index in [2.05, 4.69) is 20.5 Å². The number of halogens is 1. The van der Waals surface area contributed by atoms with E-state index in [0.717, 1.165) is 11.4 Å². The molecule has 1 amide bonds. The zero-order valence-corrected chi connectivity index (χ0v) is 15.3. The summed E-state index contributed by atoms with van der Waals surface area (Å²) in [7, 11) is 0. The monoisotopic (exact) mass is 371 g/mol. The van der Waals surface area contributed by atoms with Crippen LogP contribution >= 0.6 is 11.8 Å². The molecule has 0 aliphatic carbocycles. The molecule has 0 saturated carbocycles. The molecule has 0 fully saturated rings. The van der Waals surface area contributed by atoms with Crippen LogP contribution in [-0.4, -0.2) is 31.4 Å². The maximum Gasteiger partial charge on any atom is 0.234 e. The molecule has 0 bridgehead atoms. The van der Waals surface area contributed by atoms with Gasteiger partial charge < -0.3 is 9.88 Å². The van der Waals surface area contributed by atoms with Crippen molar-refractivity contribution in [2.45, 2.75) is 25.5 Å². The number of aryl methyl sites for hydroxylation is 1. The second-order valence-electron chi connectivity index (χ2n) is 5.59. The summed E-state index contributed by atoms with van der Waals surface area (Å²) in [5.41, 5.74) is 1.89. The van der Waals surface area contributed by atoms with Gasteiger partial charge in [-0.1, -0.05) is 17.8 Å². The van der Waals surface area contributed by atoms with Crippen LogP contribution in [0.15, 0.2) is 47.9 Å². The Labute approximate surface area is 154 Å². The highest BCUT2D eigenvalue weighted by Crippen LogP contribution is 2.23. The van der Waals surface area contributed by atoms with E-state index >= 15 is 0 Å². The van der Waals surface area contributed by atoms with E-state index in [0.29, 0.717) is 23.0 Å². The molecule has 2 heterocycles. The number of amides is 1. The number of aromatic nitrogens is 4. The second-order valence-corrected chi connectivity index (χ2v) is 6.53. The average molecular weight is 371 g/mol. The molecular weight excluding hydrogens is 353 g/mol. The number of carbonyl (C=O) groups excluding carboxylic acids is 1. The van der Waals surface area contributed by atoms with E-state index in [4.69, 9.17) is 0 Å². The first-order valence-electron chi connectivity index (χ1n) is 8.11. The number of nitrogens with one attached hydrogen (secondary N) is 1. The van der Waals surface area contributed by atoms with Crippen LogP contribution in [0.25, 0.3) is 11.4 Å². The van der Waals surface area contributed by atoms with Crippen LogP contribution in [0.2, 0.25) is 0 Å². The van der Waals surface area contributed by atoms with E-state index in [-0.39, 0.29) is 17.5 Å². The Hall–Kier alpha value is -2.74. The predicted molar refractivity (Wildman–Crippen MR) is 99.4 cm³/mol. The molecule has 1 N–H and O–H groups in total. The number of carbonyl (C=O) groups is 1. The molecule has 0 spiro atoms. The van der Waals surface area contributed by atoms with Crippen molar-refractivity contribution in [2.24, 2.45) is 0 Å². The van der Waals surface area contributed by atoms with Crippen LogP contribution in [0.3, 0.4) is 0 Å². The van der Waals surface area contributed by atoms with Gasteiger partial charge in [-0.3, -0.25) is 9.78 Å². The van der Waals surface area contributed by atoms with E-state index in [9.17, 15) is 9.18 Å². The Morgan fingerprint density at radius 3 is 2.69 bits per heavy atom. The summed E-state index contributed by atoms with van der Waals surface area (Å²) < 4.78 is 15.5. The van der Waals surface area contributed by atoms with Crippen LogP contribution in [-0.2, 0) is 11.3 Å². The Morgan fingerprint density at radius 1 is 1.23 bits per heavy atom. The molecule has 1 aromatic carbocycles. The molecular formula is C18H18FN5OS. The fourth-order valence-electron chi connectivity index (χ4n) is 2.39. The number of thioether (sulfide) groups is 1. The van der Waals surface area contributed by atoms with Gasteiger partial charge in [-0.25, -0.2) is 4.39 Å². The summed E-state index contributed by atoms with van der Waals surface area (Å²) in [6, 6.07) is 8.35. The largest absolute Gasteiger partial charge is 0.325 e. The fourth-order valence-corrected chi connectivity index (χ4v) is 3.20. The van der Waals surface area contributed by atoms with Gasteiger partial charge in [0.15, 0.2) is 11.0 Å². The number of rotatable bonds is 6. The number of hydrogen-bond donors (Lipinski definition) is 1. The first-order chi connectivity index (χ1) is 12.6. The van der Waals surface area contributed by atoms with Gasteiger partial charge in [0.1, 0.15) is 5.82 Å².